The van der Waals surface area contributed by atoms with E-state index >= 15 is 0 Å². The van der Waals surface area contributed by atoms with Gasteiger partial charge in [0.25, 0.3) is 0 Å². The summed E-state index contributed by atoms with van der Waals surface area (Å²) in [5, 5.41) is 0. The highest BCUT2D eigenvalue weighted by Gasteiger charge is 2.27. The number of hydrogen-bond acceptors (Lipinski definition) is 3. The zero-order valence-corrected chi connectivity index (χ0v) is 17.2. The van der Waals surface area contributed by atoms with Crippen LogP contribution in [0.5, 0.6) is 5.75 Å². The Hall–Kier alpha value is -1.59. The Morgan fingerprint density at radius 2 is 1.96 bits per heavy atom. The quantitative estimate of drug-likeness (QED) is 0.620. The van der Waals surface area contributed by atoms with Crippen LogP contribution in [0.15, 0.2) is 53.0 Å². The molecule has 26 heavy (non-hydrogen) atoms. The van der Waals surface area contributed by atoms with Crippen molar-refractivity contribution in [3.8, 4) is 5.75 Å². The van der Waals surface area contributed by atoms with Gasteiger partial charge in [0.05, 0.1) is 12.0 Å². The van der Waals surface area contributed by atoms with Gasteiger partial charge in [-0.2, -0.15) is 4.31 Å². The fraction of sp³-hybridized carbons (Fsp3) is 0.524. The zero-order chi connectivity index (χ0) is 19.3. The van der Waals surface area contributed by atoms with Gasteiger partial charge >= 0.3 is 0 Å². The molecular weight excluding hydrogens is 346 g/mol. The van der Waals surface area contributed by atoms with Gasteiger partial charge in [-0.05, 0) is 62.3 Å². The molecule has 0 N–H and O–H groups in total. The predicted octanol–water partition coefficient (Wildman–Crippen LogP) is 4.64. The fourth-order valence-corrected chi connectivity index (χ4v) is 4.87. The van der Waals surface area contributed by atoms with E-state index < -0.39 is 10.0 Å². The summed E-state index contributed by atoms with van der Waals surface area (Å²) in [4.78, 5) is 0.315. The van der Waals surface area contributed by atoms with E-state index in [1.165, 1.54) is 11.1 Å². The summed E-state index contributed by atoms with van der Waals surface area (Å²) in [6.07, 6.45) is 5.16. The summed E-state index contributed by atoms with van der Waals surface area (Å²) in [6.45, 7) is 11.2. The Balaban J connectivity index is 2.21. The van der Waals surface area contributed by atoms with Gasteiger partial charge in [-0.15, -0.1) is 0 Å². The maximum absolute atomic E-state index is 13.2. The maximum Gasteiger partial charge on any atom is 0.243 e. The highest BCUT2D eigenvalue weighted by atomic mass is 32.2. The standard InChI is InChI=1S/C21H31NO3S/c1-16(2)14-22(15-18-6-8-19(9-7-18)17(3)4)26(23,24)21-12-10-20(25-5)11-13-21/h6,10-13,16,19H,3,7-9,14-15H2,1-2,4-5H3. The number of hydrogen-bond donors (Lipinski definition) is 0. The van der Waals surface area contributed by atoms with Crippen LogP contribution in [-0.4, -0.2) is 32.9 Å². The van der Waals surface area contributed by atoms with E-state index in [-0.39, 0.29) is 5.92 Å². The molecule has 0 amide bonds. The number of methoxy groups -OCH3 is 1. The van der Waals surface area contributed by atoms with Gasteiger partial charge in [0.2, 0.25) is 10.0 Å². The van der Waals surface area contributed by atoms with Crippen LogP contribution in [0.3, 0.4) is 0 Å². The molecule has 0 saturated carbocycles. The summed E-state index contributed by atoms with van der Waals surface area (Å²) in [7, 11) is -1.96. The van der Waals surface area contributed by atoms with Gasteiger partial charge in [0.15, 0.2) is 0 Å². The first kappa shape index (κ1) is 20.7. The van der Waals surface area contributed by atoms with E-state index in [1.807, 2.05) is 13.8 Å². The molecule has 0 heterocycles. The van der Waals surface area contributed by atoms with Gasteiger partial charge in [0, 0.05) is 13.1 Å². The van der Waals surface area contributed by atoms with Gasteiger partial charge in [-0.1, -0.05) is 37.6 Å². The number of allylic oxidation sites excluding steroid dienone is 2. The molecule has 0 aliphatic heterocycles. The Labute approximate surface area is 158 Å². The van der Waals surface area contributed by atoms with Crippen molar-refractivity contribution in [1.29, 1.82) is 0 Å². The summed E-state index contributed by atoms with van der Waals surface area (Å²) in [5.74, 6) is 1.44. The Bertz CT molecular complexity index is 748. The Morgan fingerprint density at radius 1 is 1.31 bits per heavy atom. The van der Waals surface area contributed by atoms with Crippen LogP contribution in [0.25, 0.3) is 0 Å². The average molecular weight is 378 g/mol. The van der Waals surface area contributed by atoms with Crippen LogP contribution < -0.4 is 4.74 Å². The smallest absolute Gasteiger partial charge is 0.243 e. The molecule has 2 rings (SSSR count). The fourth-order valence-electron chi connectivity index (χ4n) is 3.26. The van der Waals surface area contributed by atoms with Crippen molar-refractivity contribution in [3.63, 3.8) is 0 Å². The first-order valence-electron chi connectivity index (χ1n) is 9.21. The van der Waals surface area contributed by atoms with Crippen LogP contribution in [0, 0.1) is 11.8 Å². The molecule has 0 aromatic heterocycles. The number of benzene rings is 1. The first-order chi connectivity index (χ1) is 12.2. The topological polar surface area (TPSA) is 46.6 Å². The number of ether oxygens (including phenoxy) is 1. The van der Waals surface area contributed by atoms with Crippen molar-refractivity contribution in [2.45, 2.75) is 44.9 Å². The maximum atomic E-state index is 13.2. The van der Waals surface area contributed by atoms with Crippen LogP contribution in [0.2, 0.25) is 0 Å². The third kappa shape index (κ3) is 5.21. The van der Waals surface area contributed by atoms with Crippen LogP contribution >= 0.6 is 0 Å². The third-order valence-corrected chi connectivity index (χ3v) is 6.67. The van der Waals surface area contributed by atoms with E-state index in [9.17, 15) is 8.42 Å². The molecule has 5 heteroatoms. The van der Waals surface area contributed by atoms with Crippen LogP contribution in [-0.2, 0) is 10.0 Å². The number of sulfonamides is 1. The molecule has 4 nitrogen and oxygen atoms in total. The van der Waals surface area contributed by atoms with E-state index in [1.54, 1.807) is 35.7 Å². The second kappa shape index (κ2) is 8.87. The first-order valence-corrected chi connectivity index (χ1v) is 10.7. The number of nitrogens with zero attached hydrogens (tertiary/aromatic N) is 1. The van der Waals surface area contributed by atoms with Crippen molar-refractivity contribution in [2.75, 3.05) is 20.2 Å². The molecule has 0 radical (unpaired) electrons. The molecule has 0 saturated heterocycles. The van der Waals surface area contributed by atoms with E-state index in [0.717, 1.165) is 19.3 Å². The average Bonchev–Trinajstić information content (AvgIpc) is 2.61. The van der Waals surface area contributed by atoms with E-state index in [2.05, 4.69) is 19.6 Å². The molecule has 1 aromatic rings. The van der Waals surface area contributed by atoms with Crippen molar-refractivity contribution in [2.24, 2.45) is 11.8 Å². The number of rotatable bonds is 8. The Morgan fingerprint density at radius 3 is 2.42 bits per heavy atom. The zero-order valence-electron chi connectivity index (χ0n) is 16.4. The van der Waals surface area contributed by atoms with Crippen molar-refractivity contribution < 1.29 is 13.2 Å². The second-order valence-electron chi connectivity index (χ2n) is 7.55. The van der Waals surface area contributed by atoms with Crippen molar-refractivity contribution in [1.82, 2.24) is 4.31 Å². The minimum atomic E-state index is -3.53. The predicted molar refractivity (Wildman–Crippen MR) is 107 cm³/mol. The summed E-state index contributed by atoms with van der Waals surface area (Å²) < 4.78 is 33.1. The lowest BCUT2D eigenvalue weighted by molar-refractivity contribution is 0.378. The molecule has 0 fully saturated rings. The van der Waals surface area contributed by atoms with Crippen LogP contribution in [0.1, 0.15) is 40.0 Å². The summed E-state index contributed by atoms with van der Waals surface area (Å²) in [5.41, 5.74) is 2.42. The van der Waals surface area contributed by atoms with E-state index in [0.29, 0.717) is 29.7 Å². The van der Waals surface area contributed by atoms with E-state index in [4.69, 9.17) is 4.74 Å². The van der Waals surface area contributed by atoms with Gasteiger partial charge in [-0.25, -0.2) is 8.42 Å². The lowest BCUT2D eigenvalue weighted by Gasteiger charge is -2.28. The lowest BCUT2D eigenvalue weighted by Crippen LogP contribution is -2.36. The van der Waals surface area contributed by atoms with Gasteiger partial charge < -0.3 is 4.74 Å². The summed E-state index contributed by atoms with van der Waals surface area (Å²) >= 11 is 0. The molecule has 144 valence electrons. The Kier molecular flexibility index (Phi) is 7.07. The largest absolute Gasteiger partial charge is 0.497 e. The minimum absolute atomic E-state index is 0.260. The molecule has 1 unspecified atom stereocenters. The van der Waals surface area contributed by atoms with Crippen molar-refractivity contribution >= 4 is 10.0 Å². The third-order valence-electron chi connectivity index (χ3n) is 4.85. The molecule has 0 spiro atoms. The molecule has 1 atom stereocenters. The molecule has 1 aliphatic carbocycles. The normalized spacial score (nSPS) is 18.1. The SMILES string of the molecule is C=C(C)C1CC=C(CN(CC(C)C)S(=O)(=O)c2ccc(OC)cc2)CC1. The lowest BCUT2D eigenvalue weighted by atomic mass is 9.85. The van der Waals surface area contributed by atoms with Gasteiger partial charge in [-0.3, -0.25) is 0 Å². The highest BCUT2D eigenvalue weighted by Crippen LogP contribution is 2.30. The minimum Gasteiger partial charge on any atom is -0.497 e. The molecule has 1 aliphatic rings. The summed E-state index contributed by atoms with van der Waals surface area (Å²) in [6, 6.07) is 6.62. The molecule has 0 bridgehead atoms. The van der Waals surface area contributed by atoms with Crippen molar-refractivity contribution in [3.05, 3.63) is 48.1 Å². The second-order valence-corrected chi connectivity index (χ2v) is 9.48. The molecular formula is C21H31NO3S. The molecule has 1 aromatic carbocycles. The van der Waals surface area contributed by atoms with Gasteiger partial charge in [0.1, 0.15) is 5.75 Å². The van der Waals surface area contributed by atoms with Crippen LogP contribution in [0.4, 0.5) is 0 Å². The monoisotopic (exact) mass is 377 g/mol. The highest BCUT2D eigenvalue weighted by molar-refractivity contribution is 7.89.